The summed E-state index contributed by atoms with van der Waals surface area (Å²) >= 11 is 1.63. The Hall–Kier alpha value is -1.88. The number of halogens is 1. The number of fused-ring (bicyclic) bond motifs is 1. The summed E-state index contributed by atoms with van der Waals surface area (Å²) in [6.45, 7) is 5.56. The fourth-order valence-electron chi connectivity index (χ4n) is 2.93. The number of ether oxygens (including phenoxy) is 1. The molecule has 30 heavy (non-hydrogen) atoms. The number of para-hydroxylation sites is 1. The number of thiazole rings is 1. The number of benzene rings is 1. The number of aromatic nitrogens is 1. The lowest BCUT2D eigenvalue weighted by atomic mass is 10.0. The van der Waals surface area contributed by atoms with Crippen molar-refractivity contribution in [3.8, 4) is 5.75 Å². The molecule has 2 heterocycles. The Balaban J connectivity index is 0.00000320. The molecular formula is C21H30IN5O2S. The summed E-state index contributed by atoms with van der Waals surface area (Å²) < 4.78 is 5.75. The molecule has 2 aromatic rings. The van der Waals surface area contributed by atoms with Crippen LogP contribution in [0.1, 0.15) is 48.5 Å². The highest BCUT2D eigenvalue weighted by atomic mass is 127. The van der Waals surface area contributed by atoms with Crippen molar-refractivity contribution >= 4 is 47.2 Å². The second kappa shape index (κ2) is 11.5. The Morgan fingerprint density at radius 1 is 1.37 bits per heavy atom. The number of aliphatic imine (C=N–C) groups is 1. The second-order valence-corrected chi connectivity index (χ2v) is 8.44. The van der Waals surface area contributed by atoms with Crippen molar-refractivity contribution in [2.75, 3.05) is 27.2 Å². The minimum atomic E-state index is -0.0465. The van der Waals surface area contributed by atoms with Crippen LogP contribution in [0, 0.1) is 0 Å². The normalized spacial score (nSPS) is 15.6. The first-order chi connectivity index (χ1) is 13.9. The number of nitrogens with one attached hydrogen (secondary N) is 2. The van der Waals surface area contributed by atoms with Crippen molar-refractivity contribution < 1.29 is 9.53 Å². The summed E-state index contributed by atoms with van der Waals surface area (Å²) in [6, 6.07) is 8.09. The van der Waals surface area contributed by atoms with Crippen molar-refractivity contribution in [2.24, 2.45) is 4.99 Å². The van der Waals surface area contributed by atoms with E-state index in [9.17, 15) is 4.79 Å². The monoisotopic (exact) mass is 543 g/mol. The molecular weight excluding hydrogens is 513 g/mol. The summed E-state index contributed by atoms with van der Waals surface area (Å²) in [4.78, 5) is 22.7. The van der Waals surface area contributed by atoms with Gasteiger partial charge in [-0.3, -0.25) is 4.79 Å². The molecule has 0 saturated heterocycles. The minimum Gasteiger partial charge on any atom is -0.493 e. The van der Waals surface area contributed by atoms with Crippen molar-refractivity contribution in [1.82, 2.24) is 20.5 Å². The lowest BCUT2D eigenvalue weighted by molar-refractivity contribution is -0.127. The van der Waals surface area contributed by atoms with Crippen molar-refractivity contribution in [2.45, 2.75) is 38.8 Å². The summed E-state index contributed by atoms with van der Waals surface area (Å²) in [7, 11) is 3.46. The van der Waals surface area contributed by atoms with Crippen LogP contribution in [0.2, 0.25) is 0 Å². The van der Waals surface area contributed by atoms with E-state index in [2.05, 4.69) is 45.9 Å². The average Bonchev–Trinajstić information content (AvgIpc) is 3.19. The zero-order valence-corrected chi connectivity index (χ0v) is 21.0. The fraction of sp³-hybridized carbons (Fsp3) is 0.476. The van der Waals surface area contributed by atoms with Gasteiger partial charge >= 0.3 is 0 Å². The molecule has 0 bridgehead atoms. The van der Waals surface area contributed by atoms with Gasteiger partial charge in [0, 0.05) is 31.5 Å². The van der Waals surface area contributed by atoms with E-state index < -0.39 is 0 Å². The molecule has 1 aliphatic heterocycles. The topological polar surface area (TPSA) is 78.9 Å². The molecule has 0 saturated carbocycles. The number of amides is 1. The Bertz CT molecular complexity index is 869. The van der Waals surface area contributed by atoms with Crippen LogP contribution in [0.15, 0.2) is 34.6 Å². The van der Waals surface area contributed by atoms with Gasteiger partial charge in [0.05, 0.1) is 24.9 Å². The number of guanidine groups is 1. The van der Waals surface area contributed by atoms with Crippen LogP contribution in [0.5, 0.6) is 5.75 Å². The first kappa shape index (κ1) is 24.4. The number of hydrogen-bond donors (Lipinski definition) is 2. The van der Waals surface area contributed by atoms with Gasteiger partial charge in [-0.25, -0.2) is 9.98 Å². The first-order valence-corrected chi connectivity index (χ1v) is 10.7. The molecule has 0 aliphatic carbocycles. The number of rotatable bonds is 6. The number of nitrogens with zero attached hydrogens (tertiary/aromatic N) is 3. The van der Waals surface area contributed by atoms with Gasteiger partial charge in [0.15, 0.2) is 5.96 Å². The Labute approximate surface area is 199 Å². The van der Waals surface area contributed by atoms with Crippen molar-refractivity contribution in [1.29, 1.82) is 0 Å². The molecule has 1 aliphatic rings. The van der Waals surface area contributed by atoms with Crippen LogP contribution >= 0.6 is 35.3 Å². The predicted molar refractivity (Wildman–Crippen MR) is 132 cm³/mol. The predicted octanol–water partition coefficient (Wildman–Crippen LogP) is 3.53. The van der Waals surface area contributed by atoms with Crippen LogP contribution < -0.4 is 15.4 Å². The zero-order valence-electron chi connectivity index (χ0n) is 17.8. The molecule has 1 amide bonds. The fourth-order valence-corrected chi connectivity index (χ4v) is 3.82. The number of carbonyl (C=O) groups is 1. The first-order valence-electron chi connectivity index (χ1n) is 9.85. The van der Waals surface area contributed by atoms with Gasteiger partial charge in [-0.1, -0.05) is 32.0 Å². The van der Waals surface area contributed by atoms with E-state index in [0.717, 1.165) is 28.4 Å². The van der Waals surface area contributed by atoms with Gasteiger partial charge in [-0.05, 0) is 12.0 Å². The molecule has 9 heteroatoms. The van der Waals surface area contributed by atoms with Crippen molar-refractivity contribution in [3.05, 3.63) is 45.9 Å². The highest BCUT2D eigenvalue weighted by Crippen LogP contribution is 2.31. The standard InChI is InChI=1S/C21H29N5O2S.HI/c1-14(2)17-13-29-19(24-17)11-22-21(23-12-20(27)26(3)4)25-16-9-10-28-18-8-6-5-7-15(16)18;/h5-8,13-14,16H,9-12H2,1-4H3,(H2,22,23,25);1H. The molecule has 3 rings (SSSR count). The maximum absolute atomic E-state index is 12.0. The minimum absolute atomic E-state index is 0. The van der Waals surface area contributed by atoms with Crippen LogP contribution in [0.25, 0.3) is 0 Å². The van der Waals surface area contributed by atoms with Gasteiger partial charge in [-0.15, -0.1) is 35.3 Å². The summed E-state index contributed by atoms with van der Waals surface area (Å²) in [5.74, 6) is 1.85. The van der Waals surface area contributed by atoms with E-state index in [4.69, 9.17) is 4.74 Å². The number of hydrogen-bond acceptors (Lipinski definition) is 5. The van der Waals surface area contributed by atoms with Gasteiger partial charge in [-0.2, -0.15) is 0 Å². The molecule has 7 nitrogen and oxygen atoms in total. The molecule has 2 N–H and O–H groups in total. The molecule has 0 spiro atoms. The molecule has 0 radical (unpaired) electrons. The third kappa shape index (κ3) is 6.56. The Kier molecular flexibility index (Phi) is 9.35. The quantitative estimate of drug-likeness (QED) is 0.331. The highest BCUT2D eigenvalue weighted by molar-refractivity contribution is 14.0. The van der Waals surface area contributed by atoms with E-state index in [1.54, 1.807) is 30.3 Å². The molecule has 1 atom stereocenters. The van der Waals surface area contributed by atoms with Crippen LogP contribution in [-0.2, 0) is 11.3 Å². The second-order valence-electron chi connectivity index (χ2n) is 7.50. The van der Waals surface area contributed by atoms with Crippen LogP contribution in [-0.4, -0.2) is 49.0 Å². The van der Waals surface area contributed by atoms with E-state index in [1.165, 1.54) is 0 Å². The molecule has 1 aromatic carbocycles. The van der Waals surface area contributed by atoms with Gasteiger partial charge in [0.25, 0.3) is 0 Å². The van der Waals surface area contributed by atoms with E-state index in [1.807, 2.05) is 18.2 Å². The molecule has 1 unspecified atom stereocenters. The van der Waals surface area contributed by atoms with E-state index >= 15 is 0 Å². The van der Waals surface area contributed by atoms with Gasteiger partial charge in [0.2, 0.25) is 5.91 Å². The SMILES string of the molecule is CC(C)c1csc(CNC(=NCC(=O)N(C)C)NC2CCOc3ccccc32)n1.I. The molecule has 0 fully saturated rings. The summed E-state index contributed by atoms with van der Waals surface area (Å²) in [5, 5.41) is 9.90. The smallest absolute Gasteiger partial charge is 0.243 e. The van der Waals surface area contributed by atoms with Gasteiger partial charge < -0.3 is 20.3 Å². The number of carbonyl (C=O) groups excluding carboxylic acids is 1. The zero-order chi connectivity index (χ0) is 20.8. The largest absolute Gasteiger partial charge is 0.493 e. The third-order valence-electron chi connectivity index (χ3n) is 4.71. The lowest BCUT2D eigenvalue weighted by Gasteiger charge is -2.28. The Morgan fingerprint density at radius 3 is 2.83 bits per heavy atom. The lowest BCUT2D eigenvalue weighted by Crippen LogP contribution is -2.41. The maximum atomic E-state index is 12.0. The number of likely N-dealkylation sites (N-methyl/N-ethyl adjacent to an activating group) is 1. The summed E-state index contributed by atoms with van der Waals surface area (Å²) in [6.07, 6.45) is 0.827. The maximum Gasteiger partial charge on any atom is 0.243 e. The average molecular weight is 543 g/mol. The van der Waals surface area contributed by atoms with Crippen molar-refractivity contribution in [3.63, 3.8) is 0 Å². The van der Waals surface area contributed by atoms with Crippen LogP contribution in [0.3, 0.4) is 0 Å². The third-order valence-corrected chi connectivity index (χ3v) is 5.58. The molecule has 164 valence electrons. The van der Waals surface area contributed by atoms with Gasteiger partial charge in [0.1, 0.15) is 17.3 Å². The summed E-state index contributed by atoms with van der Waals surface area (Å²) in [5.41, 5.74) is 2.20. The van der Waals surface area contributed by atoms with E-state index in [0.29, 0.717) is 25.0 Å². The van der Waals surface area contributed by atoms with Crippen LogP contribution in [0.4, 0.5) is 0 Å². The Morgan fingerprint density at radius 2 is 2.13 bits per heavy atom. The van der Waals surface area contributed by atoms with E-state index in [-0.39, 0.29) is 42.5 Å². The molecule has 1 aromatic heterocycles. The highest BCUT2D eigenvalue weighted by Gasteiger charge is 2.22.